The molecule has 1 aliphatic rings. The Morgan fingerprint density at radius 3 is 3.17 bits per heavy atom. The van der Waals surface area contributed by atoms with E-state index in [9.17, 15) is 9.59 Å². The summed E-state index contributed by atoms with van der Waals surface area (Å²) < 4.78 is 0. The monoisotopic (exact) mass is 342 g/mol. The van der Waals surface area contributed by atoms with Gasteiger partial charge in [0.25, 0.3) is 0 Å². The summed E-state index contributed by atoms with van der Waals surface area (Å²) in [5.74, 6) is -0.152. The van der Waals surface area contributed by atoms with Gasteiger partial charge in [0.05, 0.1) is 23.8 Å². The van der Waals surface area contributed by atoms with Crippen molar-refractivity contribution in [1.82, 2.24) is 20.5 Å². The van der Waals surface area contributed by atoms with Gasteiger partial charge in [-0.3, -0.25) is 14.8 Å². The Labute approximate surface area is 140 Å². The second kappa shape index (κ2) is 5.93. The second-order valence-corrected chi connectivity index (χ2v) is 6.24. The lowest BCUT2D eigenvalue weighted by Gasteiger charge is -2.08. The topological polar surface area (TPSA) is 103 Å². The minimum Gasteiger partial charge on any atom is -0.336 e. The van der Waals surface area contributed by atoms with Gasteiger partial charge in [-0.15, -0.1) is 11.3 Å². The molecule has 0 spiro atoms. The first-order valence-corrected chi connectivity index (χ1v) is 8.30. The molecule has 1 aromatic carbocycles. The van der Waals surface area contributed by atoms with Crippen LogP contribution in [0.5, 0.6) is 0 Å². The summed E-state index contributed by atoms with van der Waals surface area (Å²) in [6.45, 7) is 1.22. The number of carbonyl (C=O) groups excluding carboxylic acids is 2. The van der Waals surface area contributed by atoms with Gasteiger partial charge in [-0.2, -0.15) is 5.10 Å². The highest BCUT2D eigenvalue weighted by Gasteiger charge is 2.24. The van der Waals surface area contributed by atoms with Crippen LogP contribution >= 0.6 is 11.3 Å². The van der Waals surface area contributed by atoms with Crippen LogP contribution in [0.25, 0.3) is 10.9 Å². The molecule has 122 valence electrons. The SMILES string of the molecule is O=C(Cc1csc(N2CCNC2=O)n1)Nc1ccc2[nH]ncc2c1. The van der Waals surface area contributed by atoms with E-state index in [-0.39, 0.29) is 18.4 Å². The fourth-order valence-corrected chi connectivity index (χ4v) is 3.39. The van der Waals surface area contributed by atoms with Crippen LogP contribution in [0.15, 0.2) is 29.8 Å². The third-order valence-corrected chi connectivity index (χ3v) is 4.61. The maximum Gasteiger partial charge on any atom is 0.323 e. The summed E-state index contributed by atoms with van der Waals surface area (Å²) in [7, 11) is 0. The predicted molar refractivity (Wildman–Crippen MR) is 91.3 cm³/mol. The third kappa shape index (κ3) is 2.81. The molecular weight excluding hydrogens is 328 g/mol. The number of fused-ring (bicyclic) bond motifs is 1. The number of amides is 3. The Balaban J connectivity index is 1.42. The molecule has 0 atom stereocenters. The number of aromatic amines is 1. The number of carbonyl (C=O) groups is 2. The molecule has 3 amide bonds. The van der Waals surface area contributed by atoms with E-state index < -0.39 is 0 Å². The number of aromatic nitrogens is 3. The quantitative estimate of drug-likeness (QED) is 0.672. The number of hydrogen-bond acceptors (Lipinski definition) is 5. The van der Waals surface area contributed by atoms with E-state index in [4.69, 9.17) is 0 Å². The van der Waals surface area contributed by atoms with E-state index in [1.54, 1.807) is 16.5 Å². The molecule has 3 aromatic rings. The van der Waals surface area contributed by atoms with E-state index in [0.29, 0.717) is 29.6 Å². The van der Waals surface area contributed by atoms with Gasteiger partial charge in [0, 0.05) is 29.5 Å². The van der Waals surface area contributed by atoms with E-state index in [0.717, 1.165) is 10.9 Å². The van der Waals surface area contributed by atoms with Crippen LogP contribution in [0.1, 0.15) is 5.69 Å². The van der Waals surface area contributed by atoms with Crippen molar-refractivity contribution in [3.05, 3.63) is 35.5 Å². The average Bonchev–Trinajstić information content (AvgIpc) is 3.27. The maximum absolute atomic E-state index is 12.2. The first-order valence-electron chi connectivity index (χ1n) is 7.42. The Morgan fingerprint density at radius 1 is 1.42 bits per heavy atom. The highest BCUT2D eigenvalue weighted by atomic mass is 32.1. The Kier molecular flexibility index (Phi) is 3.62. The molecule has 0 bridgehead atoms. The summed E-state index contributed by atoms with van der Waals surface area (Å²) in [6.07, 6.45) is 1.87. The van der Waals surface area contributed by atoms with Gasteiger partial charge >= 0.3 is 6.03 Å². The Bertz CT molecular complexity index is 917. The number of nitrogens with one attached hydrogen (secondary N) is 3. The molecule has 8 nitrogen and oxygen atoms in total. The summed E-state index contributed by atoms with van der Waals surface area (Å²) in [5.41, 5.74) is 2.28. The van der Waals surface area contributed by atoms with Crippen LogP contribution < -0.4 is 15.5 Å². The maximum atomic E-state index is 12.2. The molecule has 9 heteroatoms. The molecule has 0 saturated carbocycles. The summed E-state index contributed by atoms with van der Waals surface area (Å²) in [6, 6.07) is 5.40. The fourth-order valence-electron chi connectivity index (χ4n) is 2.55. The van der Waals surface area contributed by atoms with Gasteiger partial charge in [0.1, 0.15) is 0 Å². The number of hydrogen-bond donors (Lipinski definition) is 3. The Hall–Kier alpha value is -2.94. The van der Waals surface area contributed by atoms with E-state index >= 15 is 0 Å². The minimum atomic E-state index is -0.152. The molecule has 24 heavy (non-hydrogen) atoms. The number of nitrogens with zero attached hydrogens (tertiary/aromatic N) is 3. The van der Waals surface area contributed by atoms with Gasteiger partial charge in [-0.05, 0) is 18.2 Å². The highest BCUT2D eigenvalue weighted by molar-refractivity contribution is 7.14. The van der Waals surface area contributed by atoms with Crippen LogP contribution in [-0.4, -0.2) is 40.2 Å². The molecule has 0 aliphatic carbocycles. The predicted octanol–water partition coefficient (Wildman–Crippen LogP) is 1.73. The number of urea groups is 1. The van der Waals surface area contributed by atoms with Crippen LogP contribution in [0.3, 0.4) is 0 Å². The Morgan fingerprint density at radius 2 is 2.33 bits per heavy atom. The zero-order chi connectivity index (χ0) is 16.5. The van der Waals surface area contributed by atoms with Gasteiger partial charge < -0.3 is 10.6 Å². The van der Waals surface area contributed by atoms with Crippen molar-refractivity contribution < 1.29 is 9.59 Å². The standard InChI is InChI=1S/C15H14N6O2S/c22-13(18-10-1-2-12-9(5-10)7-17-20-12)6-11-8-24-15(19-11)21-4-3-16-14(21)23/h1-2,5,7-8H,3-4,6H2,(H,16,23)(H,17,20)(H,18,22). The average molecular weight is 342 g/mol. The summed E-state index contributed by atoms with van der Waals surface area (Å²) >= 11 is 1.36. The smallest absolute Gasteiger partial charge is 0.323 e. The molecule has 3 heterocycles. The van der Waals surface area contributed by atoms with Gasteiger partial charge in [-0.1, -0.05) is 0 Å². The number of anilines is 2. The lowest BCUT2D eigenvalue weighted by molar-refractivity contribution is -0.115. The molecule has 1 aliphatic heterocycles. The summed E-state index contributed by atoms with van der Waals surface area (Å²) in [4.78, 5) is 29.8. The van der Waals surface area contributed by atoms with Crippen molar-refractivity contribution in [2.45, 2.75) is 6.42 Å². The minimum absolute atomic E-state index is 0.145. The van der Waals surface area contributed by atoms with Crippen molar-refractivity contribution in [1.29, 1.82) is 0 Å². The molecule has 2 aromatic heterocycles. The van der Waals surface area contributed by atoms with Crippen molar-refractivity contribution in [2.75, 3.05) is 23.3 Å². The van der Waals surface area contributed by atoms with Crippen LogP contribution in [-0.2, 0) is 11.2 Å². The molecule has 4 rings (SSSR count). The first kappa shape index (κ1) is 14.6. The number of H-pyrrole nitrogens is 1. The van der Waals surface area contributed by atoms with Crippen LogP contribution in [0, 0.1) is 0 Å². The second-order valence-electron chi connectivity index (χ2n) is 5.40. The van der Waals surface area contributed by atoms with Crippen molar-refractivity contribution >= 4 is 45.0 Å². The van der Waals surface area contributed by atoms with Crippen molar-refractivity contribution in [3.8, 4) is 0 Å². The first-order chi connectivity index (χ1) is 11.7. The molecule has 0 unspecified atom stereocenters. The fraction of sp³-hybridized carbons (Fsp3) is 0.200. The van der Waals surface area contributed by atoms with Crippen LogP contribution in [0.4, 0.5) is 15.6 Å². The number of rotatable bonds is 4. The lowest BCUT2D eigenvalue weighted by Crippen LogP contribution is -2.27. The van der Waals surface area contributed by atoms with Gasteiger partial charge in [-0.25, -0.2) is 9.78 Å². The highest BCUT2D eigenvalue weighted by Crippen LogP contribution is 2.22. The summed E-state index contributed by atoms with van der Waals surface area (Å²) in [5, 5.41) is 15.8. The van der Waals surface area contributed by atoms with Crippen LogP contribution in [0.2, 0.25) is 0 Å². The van der Waals surface area contributed by atoms with E-state index in [1.165, 1.54) is 11.3 Å². The third-order valence-electron chi connectivity index (χ3n) is 3.69. The normalized spacial score (nSPS) is 14.2. The molecule has 1 saturated heterocycles. The van der Waals surface area contributed by atoms with Crippen molar-refractivity contribution in [2.24, 2.45) is 0 Å². The van der Waals surface area contributed by atoms with Gasteiger partial charge in [0.2, 0.25) is 5.91 Å². The van der Waals surface area contributed by atoms with E-state index in [2.05, 4.69) is 25.8 Å². The van der Waals surface area contributed by atoms with Crippen molar-refractivity contribution in [3.63, 3.8) is 0 Å². The number of thiazole rings is 1. The molecule has 0 radical (unpaired) electrons. The zero-order valence-electron chi connectivity index (χ0n) is 12.6. The lowest BCUT2D eigenvalue weighted by atomic mass is 10.2. The molecule has 3 N–H and O–H groups in total. The molecule has 1 fully saturated rings. The van der Waals surface area contributed by atoms with Gasteiger partial charge in [0.15, 0.2) is 5.13 Å². The largest absolute Gasteiger partial charge is 0.336 e. The number of benzene rings is 1. The molecular formula is C15H14N6O2S. The van der Waals surface area contributed by atoms with E-state index in [1.807, 2.05) is 18.2 Å². The zero-order valence-corrected chi connectivity index (χ0v) is 13.4.